The number of amides is 1. The Morgan fingerprint density at radius 2 is 1.71 bits per heavy atom. The number of aryl methyl sites for hydroxylation is 2. The Morgan fingerprint density at radius 1 is 1.08 bits per heavy atom. The number of rotatable bonds is 6. The number of carbonyl (C=O) groups is 2. The Bertz CT molecular complexity index is 802. The zero-order valence-electron chi connectivity index (χ0n) is 13.7. The van der Waals surface area contributed by atoms with Crippen LogP contribution in [-0.4, -0.2) is 21.6 Å². The Morgan fingerprint density at radius 3 is 2.25 bits per heavy atom. The van der Waals surface area contributed by atoms with Gasteiger partial charge >= 0.3 is 5.97 Å². The third-order valence-electron chi connectivity index (χ3n) is 3.81. The van der Waals surface area contributed by atoms with Crippen molar-refractivity contribution < 1.29 is 14.7 Å². The van der Waals surface area contributed by atoms with Gasteiger partial charge in [-0.05, 0) is 30.0 Å². The third-order valence-corrected chi connectivity index (χ3v) is 3.81. The molecule has 6 nitrogen and oxygen atoms in total. The molecule has 0 saturated heterocycles. The smallest absolute Gasteiger partial charge is 0.337 e. The van der Waals surface area contributed by atoms with E-state index in [0.29, 0.717) is 0 Å². The molecule has 0 unspecified atom stereocenters. The van der Waals surface area contributed by atoms with E-state index in [0.717, 1.165) is 40.3 Å². The lowest BCUT2D eigenvalue weighted by Crippen LogP contribution is -2.28. The molecule has 0 aliphatic rings. The number of nitrogens with zero attached hydrogens (tertiary/aromatic N) is 1. The number of aromatic nitrogens is 1. The molecule has 0 bridgehead atoms. The number of para-hydroxylation sites is 1. The van der Waals surface area contributed by atoms with Crippen LogP contribution in [0.2, 0.25) is 0 Å². The van der Waals surface area contributed by atoms with Crippen LogP contribution in [0.25, 0.3) is 0 Å². The Balaban J connectivity index is 2.25. The molecule has 0 spiro atoms. The molecule has 1 heterocycles. The standard InChI is InChI=1S/C18H20N2O4/c1-3-12-6-5-7-13(4-2)17(12)19-15(21)11-20-10-14(18(23)24)8-9-16(20)22/h5-10H,3-4,11H2,1-2H3,(H,19,21)(H,23,24). The fraction of sp³-hybridized carbons (Fsp3) is 0.278. The summed E-state index contributed by atoms with van der Waals surface area (Å²) < 4.78 is 1.10. The molecule has 0 aliphatic carbocycles. The quantitative estimate of drug-likeness (QED) is 0.851. The highest BCUT2D eigenvalue weighted by Crippen LogP contribution is 2.22. The van der Waals surface area contributed by atoms with Gasteiger partial charge in [0, 0.05) is 18.0 Å². The van der Waals surface area contributed by atoms with Crippen LogP contribution in [0, 0.1) is 0 Å². The first-order valence-corrected chi connectivity index (χ1v) is 7.80. The van der Waals surface area contributed by atoms with Gasteiger partial charge in [0.2, 0.25) is 5.91 Å². The zero-order valence-corrected chi connectivity index (χ0v) is 13.7. The van der Waals surface area contributed by atoms with Crippen LogP contribution in [0.4, 0.5) is 5.69 Å². The van der Waals surface area contributed by atoms with Crippen molar-refractivity contribution in [3.05, 3.63) is 63.6 Å². The van der Waals surface area contributed by atoms with Crippen molar-refractivity contribution in [2.75, 3.05) is 5.32 Å². The van der Waals surface area contributed by atoms with E-state index in [1.165, 1.54) is 12.3 Å². The average Bonchev–Trinajstić information content (AvgIpc) is 2.56. The average molecular weight is 328 g/mol. The van der Waals surface area contributed by atoms with E-state index in [2.05, 4.69) is 5.32 Å². The van der Waals surface area contributed by atoms with Crippen LogP contribution in [-0.2, 0) is 24.2 Å². The van der Waals surface area contributed by atoms with E-state index in [1.54, 1.807) is 0 Å². The normalized spacial score (nSPS) is 10.4. The number of pyridine rings is 1. The van der Waals surface area contributed by atoms with E-state index in [9.17, 15) is 14.4 Å². The van der Waals surface area contributed by atoms with Gasteiger partial charge in [0.05, 0.1) is 5.56 Å². The van der Waals surface area contributed by atoms with Crippen molar-refractivity contribution >= 4 is 17.6 Å². The number of nitrogens with one attached hydrogen (secondary N) is 1. The van der Waals surface area contributed by atoms with Gasteiger partial charge in [-0.15, -0.1) is 0 Å². The van der Waals surface area contributed by atoms with Gasteiger partial charge < -0.3 is 15.0 Å². The third kappa shape index (κ3) is 3.90. The van der Waals surface area contributed by atoms with E-state index in [1.807, 2.05) is 32.0 Å². The minimum absolute atomic E-state index is 0.0365. The molecule has 1 amide bonds. The molecular formula is C18H20N2O4. The minimum atomic E-state index is -1.14. The van der Waals surface area contributed by atoms with Crippen LogP contribution in [0.3, 0.4) is 0 Å². The summed E-state index contributed by atoms with van der Waals surface area (Å²) in [5.74, 6) is -1.51. The first kappa shape index (κ1) is 17.5. The molecule has 2 aromatic rings. The van der Waals surface area contributed by atoms with Crippen molar-refractivity contribution in [2.45, 2.75) is 33.2 Å². The summed E-state index contributed by atoms with van der Waals surface area (Å²) >= 11 is 0. The SMILES string of the molecule is CCc1cccc(CC)c1NC(=O)Cn1cc(C(=O)O)ccc1=O. The largest absolute Gasteiger partial charge is 0.478 e. The number of hydrogen-bond donors (Lipinski definition) is 2. The number of benzene rings is 1. The second-order valence-corrected chi connectivity index (χ2v) is 5.40. The summed E-state index contributed by atoms with van der Waals surface area (Å²) in [5, 5.41) is 11.8. The second-order valence-electron chi connectivity index (χ2n) is 5.40. The lowest BCUT2D eigenvalue weighted by Gasteiger charge is -2.15. The molecular weight excluding hydrogens is 308 g/mol. The molecule has 0 radical (unpaired) electrons. The molecule has 1 aromatic heterocycles. The van der Waals surface area contributed by atoms with E-state index >= 15 is 0 Å². The molecule has 0 saturated carbocycles. The molecule has 0 aliphatic heterocycles. The summed E-state index contributed by atoms with van der Waals surface area (Å²) in [4.78, 5) is 35.1. The highest BCUT2D eigenvalue weighted by Gasteiger charge is 2.12. The molecule has 126 valence electrons. The fourth-order valence-electron chi connectivity index (χ4n) is 2.52. The summed E-state index contributed by atoms with van der Waals surface area (Å²) in [7, 11) is 0. The number of hydrogen-bond acceptors (Lipinski definition) is 3. The summed E-state index contributed by atoms with van der Waals surface area (Å²) in [6.07, 6.45) is 2.73. The monoisotopic (exact) mass is 328 g/mol. The summed E-state index contributed by atoms with van der Waals surface area (Å²) in [5.41, 5.74) is 2.36. The molecule has 2 N–H and O–H groups in total. The van der Waals surface area contributed by atoms with Gasteiger partial charge in [0.25, 0.3) is 5.56 Å². The molecule has 0 fully saturated rings. The van der Waals surface area contributed by atoms with Crippen LogP contribution in [0.1, 0.15) is 35.3 Å². The van der Waals surface area contributed by atoms with Crippen LogP contribution < -0.4 is 10.9 Å². The molecule has 6 heteroatoms. The summed E-state index contributed by atoms with van der Waals surface area (Å²) in [6.45, 7) is 3.78. The summed E-state index contributed by atoms with van der Waals surface area (Å²) in [6, 6.07) is 8.22. The first-order valence-electron chi connectivity index (χ1n) is 7.80. The van der Waals surface area contributed by atoms with Gasteiger partial charge in [-0.1, -0.05) is 32.0 Å². The van der Waals surface area contributed by atoms with Gasteiger partial charge in [0.1, 0.15) is 6.54 Å². The van der Waals surface area contributed by atoms with Gasteiger partial charge in [-0.3, -0.25) is 9.59 Å². The number of carboxylic acids is 1. The van der Waals surface area contributed by atoms with E-state index in [4.69, 9.17) is 5.11 Å². The topological polar surface area (TPSA) is 88.4 Å². The molecule has 2 rings (SSSR count). The van der Waals surface area contributed by atoms with Gasteiger partial charge in [0.15, 0.2) is 0 Å². The highest BCUT2D eigenvalue weighted by atomic mass is 16.4. The minimum Gasteiger partial charge on any atom is -0.478 e. The maximum Gasteiger partial charge on any atom is 0.337 e. The fourth-order valence-corrected chi connectivity index (χ4v) is 2.52. The second kappa shape index (κ2) is 7.59. The number of carbonyl (C=O) groups excluding carboxylic acids is 1. The highest BCUT2D eigenvalue weighted by molar-refractivity contribution is 5.92. The number of aromatic carboxylic acids is 1. The van der Waals surface area contributed by atoms with Crippen LogP contribution in [0.5, 0.6) is 0 Å². The lowest BCUT2D eigenvalue weighted by atomic mass is 10.0. The predicted octanol–water partition coefficient (Wildman–Crippen LogP) is 2.31. The van der Waals surface area contributed by atoms with Gasteiger partial charge in [-0.2, -0.15) is 0 Å². The van der Waals surface area contributed by atoms with Crippen molar-refractivity contribution in [2.24, 2.45) is 0 Å². The van der Waals surface area contributed by atoms with E-state index < -0.39 is 11.5 Å². The van der Waals surface area contributed by atoms with E-state index in [-0.39, 0.29) is 18.0 Å². The van der Waals surface area contributed by atoms with Gasteiger partial charge in [-0.25, -0.2) is 4.79 Å². The molecule has 0 atom stereocenters. The van der Waals surface area contributed by atoms with Crippen molar-refractivity contribution in [3.63, 3.8) is 0 Å². The predicted molar refractivity (Wildman–Crippen MR) is 91.5 cm³/mol. The number of anilines is 1. The van der Waals surface area contributed by atoms with Crippen molar-refractivity contribution in [1.82, 2.24) is 4.57 Å². The molecule has 24 heavy (non-hydrogen) atoms. The lowest BCUT2D eigenvalue weighted by molar-refractivity contribution is -0.116. The Labute approximate surface area is 139 Å². The Hall–Kier alpha value is -2.89. The zero-order chi connectivity index (χ0) is 17.7. The Kier molecular flexibility index (Phi) is 5.52. The maximum absolute atomic E-state index is 12.3. The first-order chi connectivity index (χ1) is 11.5. The van der Waals surface area contributed by atoms with Crippen molar-refractivity contribution in [1.29, 1.82) is 0 Å². The van der Waals surface area contributed by atoms with Crippen molar-refractivity contribution in [3.8, 4) is 0 Å². The molecule has 1 aromatic carbocycles. The maximum atomic E-state index is 12.3. The van der Waals surface area contributed by atoms with Crippen LogP contribution >= 0.6 is 0 Å². The van der Waals surface area contributed by atoms with Crippen LogP contribution in [0.15, 0.2) is 41.3 Å². The number of carboxylic acid groups (broad SMARTS) is 1.